The summed E-state index contributed by atoms with van der Waals surface area (Å²) in [6, 6.07) is 19.0. The molecule has 0 radical (unpaired) electrons. The fourth-order valence-electron chi connectivity index (χ4n) is 3.59. The number of allylic oxidation sites excluding steroid dienone is 2. The fraction of sp³-hybridized carbons (Fsp3) is 0.407. The highest BCUT2D eigenvalue weighted by molar-refractivity contribution is 7.99. The highest BCUT2D eigenvalue weighted by atomic mass is 32.2. The van der Waals surface area contributed by atoms with Crippen LogP contribution in [0.15, 0.2) is 82.1 Å². The zero-order chi connectivity index (χ0) is 22.1. The maximum absolute atomic E-state index is 13.5. The maximum Gasteiger partial charge on any atom is 0.123 e. The van der Waals surface area contributed by atoms with Gasteiger partial charge in [0.1, 0.15) is 11.6 Å². The Bertz CT molecular complexity index is 863. The summed E-state index contributed by atoms with van der Waals surface area (Å²) in [6.07, 6.45) is 3.14. The molecule has 0 heterocycles. The monoisotopic (exact) mass is 424 g/mol. The Labute approximate surface area is 185 Å². The maximum atomic E-state index is 13.5. The lowest BCUT2D eigenvalue weighted by molar-refractivity contribution is 0.286. The molecule has 2 aromatic carbocycles. The van der Waals surface area contributed by atoms with Gasteiger partial charge in [0.15, 0.2) is 0 Å². The van der Waals surface area contributed by atoms with E-state index in [9.17, 15) is 9.18 Å². The lowest BCUT2D eigenvalue weighted by Gasteiger charge is -2.16. The predicted octanol–water partition coefficient (Wildman–Crippen LogP) is 8.02. The van der Waals surface area contributed by atoms with Crippen LogP contribution in [0, 0.1) is 18.8 Å². The number of rotatable bonds is 8. The second-order valence-corrected chi connectivity index (χ2v) is 9.90. The van der Waals surface area contributed by atoms with Crippen molar-refractivity contribution in [1.82, 2.24) is 0 Å². The summed E-state index contributed by atoms with van der Waals surface area (Å²) in [5.74, 6) is 2.45. The normalized spacial score (nSPS) is 20.4. The molecular weight excluding hydrogens is 391 g/mol. The van der Waals surface area contributed by atoms with Crippen molar-refractivity contribution < 1.29 is 9.18 Å². The first-order valence-corrected chi connectivity index (χ1v) is 11.3. The third kappa shape index (κ3) is 8.73. The Hall–Kier alpha value is -2.09. The Morgan fingerprint density at radius 1 is 1.13 bits per heavy atom. The standard InChI is InChI=1S/C14H21FO.C13H12S/c1-10(2)5-12(6-11(3)9-16)7-13-8-14(13,4)15;1-11-7-9-13(10-8-11)14-12-5-3-2-4-6-12/h12-13H,1,5-8H2,2-4H3;2-10H,1H3. The van der Waals surface area contributed by atoms with Crippen LogP contribution in [0.5, 0.6) is 0 Å². The molecule has 0 spiro atoms. The van der Waals surface area contributed by atoms with E-state index in [-0.39, 0.29) is 5.92 Å². The fourth-order valence-corrected chi connectivity index (χ4v) is 4.43. The summed E-state index contributed by atoms with van der Waals surface area (Å²) in [5, 5.41) is 0. The Kier molecular flexibility index (Phi) is 9.14. The smallest absolute Gasteiger partial charge is 0.123 e. The molecule has 160 valence electrons. The molecule has 0 aliphatic heterocycles. The number of halogens is 1. The van der Waals surface area contributed by atoms with Crippen LogP contribution in [0.25, 0.3) is 0 Å². The van der Waals surface area contributed by atoms with Gasteiger partial charge in [0.05, 0.1) is 0 Å². The third-order valence-corrected chi connectivity index (χ3v) is 6.38. The van der Waals surface area contributed by atoms with Gasteiger partial charge in [-0.1, -0.05) is 53.2 Å². The highest BCUT2D eigenvalue weighted by Crippen LogP contribution is 2.51. The second kappa shape index (κ2) is 11.3. The van der Waals surface area contributed by atoms with Crippen molar-refractivity contribution in [3.05, 3.63) is 77.9 Å². The Balaban J connectivity index is 0.000000215. The zero-order valence-electron chi connectivity index (χ0n) is 18.6. The molecule has 0 saturated heterocycles. The minimum absolute atomic E-state index is 0.177. The van der Waals surface area contributed by atoms with Gasteiger partial charge in [-0.3, -0.25) is 0 Å². The Morgan fingerprint density at radius 2 is 1.70 bits per heavy atom. The molecule has 0 amide bonds. The average Bonchev–Trinajstić information content (AvgIpc) is 3.30. The van der Waals surface area contributed by atoms with Gasteiger partial charge in [0.25, 0.3) is 0 Å². The molecule has 30 heavy (non-hydrogen) atoms. The summed E-state index contributed by atoms with van der Waals surface area (Å²) in [7, 11) is 0. The predicted molar refractivity (Wildman–Crippen MR) is 126 cm³/mol. The molecule has 3 unspecified atom stereocenters. The van der Waals surface area contributed by atoms with Crippen LogP contribution >= 0.6 is 11.8 Å². The van der Waals surface area contributed by atoms with E-state index >= 15 is 0 Å². The van der Waals surface area contributed by atoms with E-state index in [2.05, 4.69) is 62.0 Å². The number of hydrogen-bond donors (Lipinski definition) is 0. The zero-order valence-corrected chi connectivity index (χ0v) is 19.4. The molecule has 0 N–H and O–H groups in total. The molecule has 1 fully saturated rings. The van der Waals surface area contributed by atoms with E-state index in [0.29, 0.717) is 12.3 Å². The number of aryl methyl sites for hydroxylation is 1. The van der Waals surface area contributed by atoms with E-state index in [1.54, 1.807) is 25.6 Å². The molecular formula is C27H33FOS. The second-order valence-electron chi connectivity index (χ2n) is 8.76. The largest absolute Gasteiger partial charge is 0.244 e. The first-order valence-electron chi connectivity index (χ1n) is 10.5. The minimum Gasteiger partial charge on any atom is -0.244 e. The third-order valence-electron chi connectivity index (χ3n) is 5.36. The molecule has 1 aliphatic carbocycles. The molecule has 3 rings (SSSR count). The van der Waals surface area contributed by atoms with Gasteiger partial charge >= 0.3 is 0 Å². The van der Waals surface area contributed by atoms with Gasteiger partial charge < -0.3 is 0 Å². The number of hydrogen-bond acceptors (Lipinski definition) is 2. The lowest BCUT2D eigenvalue weighted by Crippen LogP contribution is -2.07. The van der Waals surface area contributed by atoms with E-state index in [1.807, 2.05) is 18.9 Å². The lowest BCUT2D eigenvalue weighted by atomic mass is 9.89. The minimum atomic E-state index is -0.966. The van der Waals surface area contributed by atoms with Gasteiger partial charge in [-0.05, 0) is 89.5 Å². The van der Waals surface area contributed by atoms with Crippen molar-refractivity contribution in [1.29, 1.82) is 0 Å². The molecule has 0 aromatic heterocycles. The van der Waals surface area contributed by atoms with Crippen molar-refractivity contribution in [3.63, 3.8) is 0 Å². The van der Waals surface area contributed by atoms with Gasteiger partial charge in [0, 0.05) is 15.4 Å². The molecule has 2 aromatic rings. The summed E-state index contributed by atoms with van der Waals surface area (Å²) in [4.78, 5) is 13.1. The van der Waals surface area contributed by atoms with E-state index in [4.69, 9.17) is 0 Å². The van der Waals surface area contributed by atoms with Gasteiger partial charge in [0.2, 0.25) is 0 Å². The number of carbonyl (C=O) groups excluding carboxylic acids is 1. The van der Waals surface area contributed by atoms with Gasteiger partial charge in [-0.2, -0.15) is 0 Å². The van der Waals surface area contributed by atoms with Crippen LogP contribution in [-0.4, -0.2) is 11.6 Å². The van der Waals surface area contributed by atoms with Crippen LogP contribution < -0.4 is 0 Å². The summed E-state index contributed by atoms with van der Waals surface area (Å²) in [6.45, 7) is 11.4. The van der Waals surface area contributed by atoms with E-state index in [1.165, 1.54) is 15.4 Å². The van der Waals surface area contributed by atoms with Crippen molar-refractivity contribution >= 4 is 17.7 Å². The summed E-state index contributed by atoms with van der Waals surface area (Å²) in [5.41, 5.74) is 2.17. The van der Waals surface area contributed by atoms with Gasteiger partial charge in [-0.15, -0.1) is 6.58 Å². The summed E-state index contributed by atoms with van der Waals surface area (Å²) >= 11 is 1.80. The van der Waals surface area contributed by atoms with Crippen molar-refractivity contribution in [2.75, 3.05) is 0 Å². The SMILES string of the molecule is C=C(C)CC(CC(C)=C=O)CC1CC1(C)F.Cc1ccc(Sc2ccccc2)cc1. The van der Waals surface area contributed by atoms with Crippen LogP contribution in [0.4, 0.5) is 4.39 Å². The quantitative estimate of drug-likeness (QED) is 0.315. The highest BCUT2D eigenvalue weighted by Gasteiger charge is 2.51. The molecule has 0 bridgehead atoms. The van der Waals surface area contributed by atoms with Crippen molar-refractivity contribution in [2.24, 2.45) is 11.8 Å². The van der Waals surface area contributed by atoms with Gasteiger partial charge in [-0.25, -0.2) is 9.18 Å². The topological polar surface area (TPSA) is 17.1 Å². The molecule has 3 heteroatoms. The van der Waals surface area contributed by atoms with Crippen LogP contribution in [0.2, 0.25) is 0 Å². The van der Waals surface area contributed by atoms with E-state index < -0.39 is 5.67 Å². The van der Waals surface area contributed by atoms with E-state index in [0.717, 1.165) is 30.4 Å². The van der Waals surface area contributed by atoms with Crippen LogP contribution in [0.3, 0.4) is 0 Å². The molecule has 1 nitrogen and oxygen atoms in total. The molecule has 3 atom stereocenters. The molecule has 1 saturated carbocycles. The van der Waals surface area contributed by atoms with Crippen molar-refractivity contribution in [3.8, 4) is 0 Å². The van der Waals surface area contributed by atoms with Crippen LogP contribution in [-0.2, 0) is 4.79 Å². The van der Waals surface area contributed by atoms with Crippen molar-refractivity contribution in [2.45, 2.75) is 68.8 Å². The first kappa shape index (κ1) is 24.2. The Morgan fingerprint density at radius 3 is 2.20 bits per heavy atom. The number of benzene rings is 2. The number of alkyl halides is 1. The van der Waals surface area contributed by atoms with Crippen LogP contribution in [0.1, 0.15) is 52.0 Å². The first-order chi connectivity index (χ1) is 14.2. The average molecular weight is 425 g/mol. The summed E-state index contributed by atoms with van der Waals surface area (Å²) < 4.78 is 13.5. The molecule has 1 aliphatic rings.